The number of hydrogen-bond donors (Lipinski definition) is 1. The van der Waals surface area contributed by atoms with E-state index in [-0.39, 0.29) is 12.1 Å². The smallest absolute Gasteiger partial charge is 0.138 e. The standard InChI is InChI=1S/C17H20BrNO/c1-11-7-8-16(9-12(11)2)20-17(13(3)19)14-5-4-6-15(18)10-14/h4-10,13,17H,19H2,1-3H3. The minimum Gasteiger partial charge on any atom is -0.484 e. The van der Waals surface area contributed by atoms with E-state index in [1.54, 1.807) is 0 Å². The predicted octanol–water partition coefficient (Wildman–Crippen LogP) is 4.53. The number of rotatable bonds is 4. The zero-order valence-corrected chi connectivity index (χ0v) is 13.6. The van der Waals surface area contributed by atoms with Crippen molar-refractivity contribution in [2.75, 3.05) is 0 Å². The third kappa shape index (κ3) is 3.62. The van der Waals surface area contributed by atoms with Crippen LogP contribution in [0, 0.1) is 13.8 Å². The van der Waals surface area contributed by atoms with Crippen LogP contribution in [0.4, 0.5) is 0 Å². The highest BCUT2D eigenvalue weighted by atomic mass is 79.9. The van der Waals surface area contributed by atoms with Gasteiger partial charge in [-0.2, -0.15) is 0 Å². The van der Waals surface area contributed by atoms with E-state index in [0.717, 1.165) is 15.8 Å². The van der Waals surface area contributed by atoms with Gasteiger partial charge in [0, 0.05) is 10.5 Å². The van der Waals surface area contributed by atoms with Gasteiger partial charge in [0.25, 0.3) is 0 Å². The molecule has 0 aromatic heterocycles. The van der Waals surface area contributed by atoms with E-state index < -0.39 is 0 Å². The van der Waals surface area contributed by atoms with Gasteiger partial charge >= 0.3 is 0 Å². The highest BCUT2D eigenvalue weighted by molar-refractivity contribution is 9.10. The second kappa shape index (κ2) is 6.42. The van der Waals surface area contributed by atoms with Gasteiger partial charge in [0.1, 0.15) is 11.9 Å². The Hall–Kier alpha value is -1.32. The fourth-order valence-corrected chi connectivity index (χ4v) is 2.51. The molecular weight excluding hydrogens is 314 g/mol. The molecule has 0 aliphatic carbocycles. The molecule has 2 aromatic carbocycles. The Balaban J connectivity index is 2.28. The maximum atomic E-state index is 6.11. The average Bonchev–Trinajstić information content (AvgIpc) is 2.39. The molecular formula is C17H20BrNO. The zero-order valence-electron chi connectivity index (χ0n) is 12.1. The van der Waals surface area contributed by atoms with Gasteiger partial charge in [-0.3, -0.25) is 0 Å². The lowest BCUT2D eigenvalue weighted by Gasteiger charge is -2.23. The van der Waals surface area contributed by atoms with Gasteiger partial charge in [0.2, 0.25) is 0 Å². The number of aryl methyl sites for hydroxylation is 2. The Morgan fingerprint density at radius 2 is 1.80 bits per heavy atom. The molecule has 3 heteroatoms. The molecule has 0 amide bonds. The van der Waals surface area contributed by atoms with Crippen molar-refractivity contribution in [1.29, 1.82) is 0 Å². The Kier molecular flexibility index (Phi) is 4.84. The van der Waals surface area contributed by atoms with Gasteiger partial charge in [-0.15, -0.1) is 0 Å². The summed E-state index contributed by atoms with van der Waals surface area (Å²) in [5.41, 5.74) is 9.65. The van der Waals surface area contributed by atoms with Crippen LogP contribution in [0.2, 0.25) is 0 Å². The third-order valence-corrected chi connectivity index (χ3v) is 3.89. The van der Waals surface area contributed by atoms with Crippen molar-refractivity contribution in [1.82, 2.24) is 0 Å². The summed E-state index contributed by atoms with van der Waals surface area (Å²) in [6.45, 7) is 6.14. The average molecular weight is 334 g/mol. The SMILES string of the molecule is Cc1ccc(OC(c2cccc(Br)c2)C(C)N)cc1C. The normalized spacial score (nSPS) is 13.8. The number of halogens is 1. The van der Waals surface area contributed by atoms with Crippen LogP contribution in [0.5, 0.6) is 5.75 Å². The van der Waals surface area contributed by atoms with Gasteiger partial charge in [-0.05, 0) is 61.7 Å². The van der Waals surface area contributed by atoms with Crippen molar-refractivity contribution in [3.8, 4) is 5.75 Å². The molecule has 106 valence electrons. The lowest BCUT2D eigenvalue weighted by molar-refractivity contribution is 0.180. The van der Waals surface area contributed by atoms with E-state index in [1.165, 1.54) is 11.1 Å². The molecule has 0 aliphatic rings. The molecule has 0 saturated heterocycles. The van der Waals surface area contributed by atoms with Crippen molar-refractivity contribution in [2.45, 2.75) is 32.9 Å². The first-order chi connectivity index (χ1) is 9.47. The van der Waals surface area contributed by atoms with Crippen LogP contribution in [0.1, 0.15) is 29.7 Å². The summed E-state index contributed by atoms with van der Waals surface area (Å²) in [5.74, 6) is 0.857. The Morgan fingerprint density at radius 1 is 1.05 bits per heavy atom. The quantitative estimate of drug-likeness (QED) is 0.891. The molecule has 2 nitrogen and oxygen atoms in total. The summed E-state index contributed by atoms with van der Waals surface area (Å²) in [4.78, 5) is 0. The van der Waals surface area contributed by atoms with Crippen LogP contribution in [0.25, 0.3) is 0 Å². The molecule has 20 heavy (non-hydrogen) atoms. The first kappa shape index (κ1) is 15.1. The van der Waals surface area contributed by atoms with Crippen LogP contribution in [0.15, 0.2) is 46.9 Å². The van der Waals surface area contributed by atoms with Crippen LogP contribution >= 0.6 is 15.9 Å². The molecule has 0 bridgehead atoms. The Bertz CT molecular complexity index is 595. The van der Waals surface area contributed by atoms with Crippen LogP contribution in [-0.4, -0.2) is 6.04 Å². The second-order valence-corrected chi connectivity index (χ2v) is 6.11. The number of nitrogens with two attached hydrogens (primary N) is 1. The molecule has 0 fully saturated rings. The monoisotopic (exact) mass is 333 g/mol. The molecule has 2 N–H and O–H groups in total. The number of ether oxygens (including phenoxy) is 1. The molecule has 2 rings (SSSR count). The van der Waals surface area contributed by atoms with Gasteiger partial charge in [-0.25, -0.2) is 0 Å². The van der Waals surface area contributed by atoms with Gasteiger partial charge in [0.05, 0.1) is 0 Å². The highest BCUT2D eigenvalue weighted by Crippen LogP contribution is 2.27. The second-order valence-electron chi connectivity index (χ2n) is 5.20. The largest absolute Gasteiger partial charge is 0.484 e. The molecule has 0 spiro atoms. The molecule has 0 heterocycles. The lowest BCUT2D eigenvalue weighted by Crippen LogP contribution is -2.29. The Morgan fingerprint density at radius 3 is 2.40 bits per heavy atom. The van der Waals surface area contributed by atoms with Gasteiger partial charge in [0.15, 0.2) is 0 Å². The van der Waals surface area contributed by atoms with Crippen molar-refractivity contribution in [3.05, 3.63) is 63.6 Å². The summed E-state index contributed by atoms with van der Waals surface area (Å²) in [5, 5.41) is 0. The van der Waals surface area contributed by atoms with E-state index in [4.69, 9.17) is 10.5 Å². The Labute approximate surface area is 129 Å². The van der Waals surface area contributed by atoms with Gasteiger partial charge in [-0.1, -0.05) is 34.1 Å². The maximum absolute atomic E-state index is 6.11. The molecule has 0 radical (unpaired) electrons. The molecule has 0 saturated carbocycles. The summed E-state index contributed by atoms with van der Waals surface area (Å²) in [7, 11) is 0. The van der Waals surface area contributed by atoms with Crippen molar-refractivity contribution in [2.24, 2.45) is 5.73 Å². The van der Waals surface area contributed by atoms with Crippen molar-refractivity contribution < 1.29 is 4.74 Å². The van der Waals surface area contributed by atoms with E-state index >= 15 is 0 Å². The van der Waals surface area contributed by atoms with Crippen LogP contribution < -0.4 is 10.5 Å². The summed E-state index contributed by atoms with van der Waals surface area (Å²) < 4.78 is 7.14. The summed E-state index contributed by atoms with van der Waals surface area (Å²) in [6, 6.07) is 14.1. The molecule has 2 aromatic rings. The van der Waals surface area contributed by atoms with Crippen LogP contribution in [0.3, 0.4) is 0 Å². The van der Waals surface area contributed by atoms with E-state index in [0.29, 0.717) is 0 Å². The fraction of sp³-hybridized carbons (Fsp3) is 0.294. The minimum absolute atomic E-state index is 0.0918. The number of hydrogen-bond acceptors (Lipinski definition) is 2. The minimum atomic E-state index is -0.158. The number of benzene rings is 2. The summed E-state index contributed by atoms with van der Waals surface area (Å²) in [6.07, 6.45) is -0.158. The van der Waals surface area contributed by atoms with Gasteiger partial charge < -0.3 is 10.5 Å². The topological polar surface area (TPSA) is 35.2 Å². The lowest BCUT2D eigenvalue weighted by atomic mass is 10.0. The highest BCUT2D eigenvalue weighted by Gasteiger charge is 2.18. The van der Waals surface area contributed by atoms with Crippen molar-refractivity contribution in [3.63, 3.8) is 0 Å². The predicted molar refractivity (Wildman–Crippen MR) is 87.1 cm³/mol. The van der Waals surface area contributed by atoms with E-state index in [1.807, 2.05) is 31.2 Å². The molecule has 0 aliphatic heterocycles. The summed E-state index contributed by atoms with van der Waals surface area (Å²) >= 11 is 3.49. The molecule has 2 unspecified atom stereocenters. The first-order valence-corrected chi connectivity index (χ1v) is 7.51. The fourth-order valence-electron chi connectivity index (χ4n) is 2.10. The van der Waals surface area contributed by atoms with E-state index in [9.17, 15) is 0 Å². The third-order valence-electron chi connectivity index (χ3n) is 3.40. The zero-order chi connectivity index (χ0) is 14.7. The van der Waals surface area contributed by atoms with Crippen molar-refractivity contribution >= 4 is 15.9 Å². The first-order valence-electron chi connectivity index (χ1n) is 6.72. The maximum Gasteiger partial charge on any atom is 0.138 e. The molecule has 2 atom stereocenters. The van der Waals surface area contributed by atoms with Crippen LogP contribution in [-0.2, 0) is 0 Å². The van der Waals surface area contributed by atoms with E-state index in [2.05, 4.69) is 48.0 Å².